The molecule has 0 radical (unpaired) electrons. The Morgan fingerprint density at radius 2 is 1.75 bits per heavy atom. The van der Waals surface area contributed by atoms with Crippen LogP contribution in [0.5, 0.6) is 0 Å². The minimum atomic E-state index is 0.367. The number of nitrogens with zero attached hydrogens (tertiary/aromatic N) is 3. The Labute approximate surface area is 125 Å². The molecule has 0 unspecified atom stereocenters. The van der Waals surface area contributed by atoms with Gasteiger partial charge in [-0.25, -0.2) is 4.98 Å². The SMILES string of the molecule is Cc1cc2c(N(CC(C)C)CC(C)C)nc(N)nc2s1. The van der Waals surface area contributed by atoms with Crippen LogP contribution in [-0.4, -0.2) is 23.1 Å². The van der Waals surface area contributed by atoms with Crippen LogP contribution in [0.4, 0.5) is 11.8 Å². The number of thiophene rings is 1. The van der Waals surface area contributed by atoms with Crippen molar-refractivity contribution in [1.29, 1.82) is 0 Å². The second kappa shape index (κ2) is 5.95. The number of rotatable bonds is 5. The Balaban J connectivity index is 2.50. The molecule has 0 aliphatic carbocycles. The fraction of sp³-hybridized carbons (Fsp3) is 0.600. The fourth-order valence-electron chi connectivity index (χ4n) is 2.41. The molecule has 2 aromatic heterocycles. The van der Waals surface area contributed by atoms with Gasteiger partial charge in [-0.05, 0) is 24.8 Å². The van der Waals surface area contributed by atoms with Gasteiger partial charge < -0.3 is 10.6 Å². The maximum Gasteiger partial charge on any atom is 0.223 e. The van der Waals surface area contributed by atoms with Gasteiger partial charge >= 0.3 is 0 Å². The van der Waals surface area contributed by atoms with E-state index in [0.717, 1.165) is 29.1 Å². The fourth-order valence-corrected chi connectivity index (χ4v) is 3.29. The highest BCUT2D eigenvalue weighted by atomic mass is 32.1. The molecule has 0 aliphatic rings. The summed E-state index contributed by atoms with van der Waals surface area (Å²) in [4.78, 5) is 13.5. The molecule has 0 saturated carbocycles. The number of anilines is 2. The standard InChI is InChI=1S/C15H24N4S/c1-9(2)7-19(8-10(3)4)13-12-6-11(5)20-14(12)18-15(16)17-13/h6,9-10H,7-8H2,1-5H3,(H2,16,17,18). The lowest BCUT2D eigenvalue weighted by Gasteiger charge is -2.28. The van der Waals surface area contributed by atoms with Gasteiger partial charge in [0.05, 0.1) is 5.39 Å². The van der Waals surface area contributed by atoms with E-state index in [4.69, 9.17) is 5.73 Å². The summed E-state index contributed by atoms with van der Waals surface area (Å²) in [5.74, 6) is 2.52. The predicted molar refractivity (Wildman–Crippen MR) is 88.5 cm³/mol. The second-order valence-electron chi connectivity index (χ2n) is 6.17. The van der Waals surface area contributed by atoms with Crippen molar-refractivity contribution >= 4 is 33.3 Å². The average molecular weight is 292 g/mol. The number of aromatic nitrogens is 2. The van der Waals surface area contributed by atoms with E-state index in [1.165, 1.54) is 4.88 Å². The van der Waals surface area contributed by atoms with Crippen molar-refractivity contribution in [2.24, 2.45) is 11.8 Å². The Morgan fingerprint density at radius 1 is 1.15 bits per heavy atom. The summed E-state index contributed by atoms with van der Waals surface area (Å²) >= 11 is 1.68. The van der Waals surface area contributed by atoms with Crippen LogP contribution < -0.4 is 10.6 Å². The number of nitrogens with two attached hydrogens (primary N) is 1. The number of hydrogen-bond acceptors (Lipinski definition) is 5. The van der Waals surface area contributed by atoms with E-state index < -0.39 is 0 Å². The summed E-state index contributed by atoms with van der Waals surface area (Å²) in [5.41, 5.74) is 5.89. The maximum atomic E-state index is 5.89. The number of hydrogen-bond donors (Lipinski definition) is 1. The molecule has 0 saturated heterocycles. The number of nitrogen functional groups attached to an aromatic ring is 1. The van der Waals surface area contributed by atoms with Crippen LogP contribution in [0.25, 0.3) is 10.2 Å². The molecule has 110 valence electrons. The Bertz CT molecular complexity index is 579. The summed E-state index contributed by atoms with van der Waals surface area (Å²) in [5, 5.41) is 1.13. The van der Waals surface area contributed by atoms with Gasteiger partial charge in [0.2, 0.25) is 5.95 Å². The zero-order valence-electron chi connectivity index (χ0n) is 13.0. The molecule has 0 bridgehead atoms. The second-order valence-corrected chi connectivity index (χ2v) is 7.41. The van der Waals surface area contributed by atoms with E-state index in [1.54, 1.807) is 11.3 Å². The first kappa shape index (κ1) is 15.0. The van der Waals surface area contributed by atoms with E-state index in [-0.39, 0.29) is 0 Å². The van der Waals surface area contributed by atoms with Crippen molar-refractivity contribution in [1.82, 2.24) is 9.97 Å². The molecule has 5 heteroatoms. The predicted octanol–water partition coefficient (Wildman–Crippen LogP) is 3.70. The lowest BCUT2D eigenvalue weighted by Crippen LogP contribution is -2.32. The first-order valence-corrected chi connectivity index (χ1v) is 7.97. The highest BCUT2D eigenvalue weighted by molar-refractivity contribution is 7.18. The molecule has 0 aliphatic heterocycles. The molecule has 0 spiro atoms. The molecule has 2 N–H and O–H groups in total. The highest BCUT2D eigenvalue weighted by Gasteiger charge is 2.17. The van der Waals surface area contributed by atoms with Gasteiger partial charge in [0.1, 0.15) is 10.6 Å². The molecule has 20 heavy (non-hydrogen) atoms. The quantitative estimate of drug-likeness (QED) is 0.913. The third kappa shape index (κ3) is 3.39. The van der Waals surface area contributed by atoms with Gasteiger partial charge in [-0.15, -0.1) is 11.3 Å². The van der Waals surface area contributed by atoms with E-state index in [0.29, 0.717) is 17.8 Å². The summed E-state index contributed by atoms with van der Waals surface area (Å²) in [6.07, 6.45) is 0. The molecular weight excluding hydrogens is 268 g/mol. The highest BCUT2D eigenvalue weighted by Crippen LogP contribution is 2.31. The Hall–Kier alpha value is -1.36. The monoisotopic (exact) mass is 292 g/mol. The largest absolute Gasteiger partial charge is 0.368 e. The van der Waals surface area contributed by atoms with Crippen molar-refractivity contribution in [3.8, 4) is 0 Å². The van der Waals surface area contributed by atoms with Crippen molar-refractivity contribution in [3.63, 3.8) is 0 Å². The van der Waals surface area contributed by atoms with Crippen molar-refractivity contribution in [3.05, 3.63) is 10.9 Å². The lowest BCUT2D eigenvalue weighted by molar-refractivity contribution is 0.550. The normalized spacial score (nSPS) is 11.8. The topological polar surface area (TPSA) is 55.0 Å². The van der Waals surface area contributed by atoms with Crippen LogP contribution in [-0.2, 0) is 0 Å². The van der Waals surface area contributed by atoms with Crippen molar-refractivity contribution in [2.45, 2.75) is 34.6 Å². The molecule has 0 atom stereocenters. The summed E-state index contributed by atoms with van der Waals surface area (Å²) in [6, 6.07) is 2.17. The van der Waals surface area contributed by atoms with Gasteiger partial charge in [0.15, 0.2) is 0 Å². The van der Waals surface area contributed by atoms with E-state index in [1.807, 2.05) is 0 Å². The third-order valence-electron chi connectivity index (χ3n) is 2.98. The minimum absolute atomic E-state index is 0.367. The minimum Gasteiger partial charge on any atom is -0.368 e. The van der Waals surface area contributed by atoms with Crippen LogP contribution in [0.3, 0.4) is 0 Å². The van der Waals surface area contributed by atoms with Crippen LogP contribution in [0, 0.1) is 18.8 Å². The maximum absolute atomic E-state index is 5.89. The number of aryl methyl sites for hydroxylation is 1. The molecule has 2 rings (SSSR count). The van der Waals surface area contributed by atoms with Gasteiger partial charge in [0, 0.05) is 18.0 Å². The Kier molecular flexibility index (Phi) is 4.48. The lowest BCUT2D eigenvalue weighted by atomic mass is 10.1. The van der Waals surface area contributed by atoms with Crippen molar-refractivity contribution < 1.29 is 0 Å². The van der Waals surface area contributed by atoms with E-state index in [9.17, 15) is 0 Å². The smallest absolute Gasteiger partial charge is 0.223 e. The summed E-state index contributed by atoms with van der Waals surface area (Å²) in [7, 11) is 0. The molecule has 2 heterocycles. The number of fused-ring (bicyclic) bond motifs is 1. The van der Waals surface area contributed by atoms with E-state index >= 15 is 0 Å². The summed E-state index contributed by atoms with van der Waals surface area (Å²) < 4.78 is 0. The molecule has 0 amide bonds. The first-order chi connectivity index (χ1) is 9.36. The molecule has 0 aromatic carbocycles. The van der Waals surface area contributed by atoms with Gasteiger partial charge in [-0.1, -0.05) is 27.7 Å². The molecule has 2 aromatic rings. The molecule has 0 fully saturated rings. The van der Waals surface area contributed by atoms with Crippen LogP contribution in [0.2, 0.25) is 0 Å². The van der Waals surface area contributed by atoms with Gasteiger partial charge in [-0.3, -0.25) is 0 Å². The van der Waals surface area contributed by atoms with Gasteiger partial charge in [-0.2, -0.15) is 4.98 Å². The average Bonchev–Trinajstić information content (AvgIpc) is 2.65. The summed E-state index contributed by atoms with van der Waals surface area (Å²) in [6.45, 7) is 13.0. The third-order valence-corrected chi connectivity index (χ3v) is 3.93. The van der Waals surface area contributed by atoms with E-state index in [2.05, 4.69) is 55.6 Å². The van der Waals surface area contributed by atoms with Crippen LogP contribution >= 0.6 is 11.3 Å². The van der Waals surface area contributed by atoms with Crippen molar-refractivity contribution in [2.75, 3.05) is 23.7 Å². The Morgan fingerprint density at radius 3 is 2.30 bits per heavy atom. The molecule has 4 nitrogen and oxygen atoms in total. The van der Waals surface area contributed by atoms with Crippen LogP contribution in [0.15, 0.2) is 6.07 Å². The zero-order chi connectivity index (χ0) is 14.9. The molecular formula is C15H24N4S. The van der Waals surface area contributed by atoms with Gasteiger partial charge in [0.25, 0.3) is 0 Å². The van der Waals surface area contributed by atoms with Crippen LogP contribution in [0.1, 0.15) is 32.6 Å². The zero-order valence-corrected chi connectivity index (χ0v) is 13.8. The first-order valence-electron chi connectivity index (χ1n) is 7.15.